The topological polar surface area (TPSA) is 58.6 Å². The Bertz CT molecular complexity index is 910. The molecule has 1 aliphatic rings. The van der Waals surface area contributed by atoms with Crippen LogP contribution in [-0.4, -0.2) is 46.0 Å². The minimum Gasteiger partial charge on any atom is -0.459 e. The molecule has 0 radical (unpaired) electrons. The van der Waals surface area contributed by atoms with Gasteiger partial charge in [-0.15, -0.1) is 10.2 Å². The quantitative estimate of drug-likeness (QED) is 0.645. The van der Waals surface area contributed by atoms with Gasteiger partial charge in [-0.1, -0.05) is 43.7 Å². The number of benzene rings is 1. The third kappa shape index (κ3) is 4.29. The zero-order valence-corrected chi connectivity index (χ0v) is 18.9. The molecule has 0 saturated carbocycles. The summed E-state index contributed by atoms with van der Waals surface area (Å²) in [7, 11) is 1.76. The third-order valence-corrected chi connectivity index (χ3v) is 6.35. The van der Waals surface area contributed by atoms with Crippen molar-refractivity contribution >= 4 is 51.4 Å². The highest BCUT2D eigenvalue weighted by atomic mass is 35.5. The van der Waals surface area contributed by atoms with Crippen molar-refractivity contribution in [1.82, 2.24) is 15.1 Å². The summed E-state index contributed by atoms with van der Waals surface area (Å²) in [5.41, 5.74) is 1.57. The monoisotopic (exact) mass is 438 g/mol. The van der Waals surface area contributed by atoms with E-state index in [-0.39, 0.29) is 11.4 Å². The fourth-order valence-corrected chi connectivity index (χ4v) is 4.31. The molecule has 1 aromatic carbocycles. The zero-order chi connectivity index (χ0) is 20.6. The summed E-state index contributed by atoms with van der Waals surface area (Å²) in [4.78, 5) is 16.1. The minimum absolute atomic E-state index is 0.146. The molecular weight excluding hydrogens is 416 g/mol. The van der Waals surface area contributed by atoms with Crippen LogP contribution in [0.1, 0.15) is 43.3 Å². The van der Waals surface area contributed by atoms with Crippen LogP contribution in [0.4, 0.5) is 9.93 Å². The first-order chi connectivity index (χ1) is 13.1. The van der Waals surface area contributed by atoms with Gasteiger partial charge in [0.2, 0.25) is 5.13 Å². The highest BCUT2D eigenvalue weighted by Gasteiger charge is 2.37. The predicted molar refractivity (Wildman–Crippen MR) is 116 cm³/mol. The third-order valence-electron chi connectivity index (χ3n) is 4.45. The predicted octanol–water partition coefficient (Wildman–Crippen LogP) is 4.78. The maximum absolute atomic E-state index is 12.9. The van der Waals surface area contributed by atoms with Crippen LogP contribution < -0.4 is 4.90 Å². The van der Waals surface area contributed by atoms with Gasteiger partial charge in [0.05, 0.1) is 0 Å². The molecule has 1 unspecified atom stereocenters. The number of hydrogen-bond donors (Lipinski definition) is 0. The van der Waals surface area contributed by atoms with E-state index in [2.05, 4.69) is 31.0 Å². The van der Waals surface area contributed by atoms with Crippen molar-refractivity contribution < 1.29 is 9.53 Å². The van der Waals surface area contributed by atoms with Gasteiger partial charge in [0.15, 0.2) is 11.3 Å². The van der Waals surface area contributed by atoms with Gasteiger partial charge >= 0.3 is 6.03 Å². The Morgan fingerprint density at radius 3 is 2.68 bits per heavy atom. The number of carbonyl (C=O) groups is 1. The van der Waals surface area contributed by atoms with Crippen molar-refractivity contribution in [3.63, 3.8) is 0 Å². The number of amides is 2. The van der Waals surface area contributed by atoms with E-state index in [1.54, 1.807) is 22.9 Å². The van der Waals surface area contributed by atoms with E-state index in [1.165, 1.54) is 11.3 Å². The van der Waals surface area contributed by atoms with Crippen LogP contribution in [0.5, 0.6) is 0 Å². The molecule has 2 amide bonds. The van der Waals surface area contributed by atoms with Crippen molar-refractivity contribution in [2.24, 2.45) is 0 Å². The summed E-state index contributed by atoms with van der Waals surface area (Å²) in [6, 6.07) is 5.27. The molecule has 1 aromatic heterocycles. The molecule has 1 atom stereocenters. The summed E-state index contributed by atoms with van der Waals surface area (Å²) in [6.07, 6.45) is 0.0754. The molecule has 150 valence electrons. The number of carbonyl (C=O) groups excluding carboxylic acids is 1. The largest absolute Gasteiger partial charge is 0.459 e. The van der Waals surface area contributed by atoms with E-state index in [0.717, 1.165) is 16.1 Å². The molecule has 3 rings (SSSR count). The van der Waals surface area contributed by atoms with E-state index in [4.69, 9.17) is 28.6 Å². The Kier molecular flexibility index (Phi) is 5.93. The number of nitrogens with zero attached hydrogens (tertiary/aromatic N) is 4. The maximum atomic E-state index is 12.9. The fraction of sp³-hybridized carbons (Fsp3) is 0.474. The molecule has 1 saturated heterocycles. The van der Waals surface area contributed by atoms with E-state index in [0.29, 0.717) is 28.2 Å². The van der Waals surface area contributed by atoms with Gasteiger partial charge < -0.3 is 9.64 Å². The normalized spacial score (nSPS) is 17.8. The smallest absolute Gasteiger partial charge is 0.329 e. The Balaban J connectivity index is 1.88. The Morgan fingerprint density at radius 2 is 2.07 bits per heavy atom. The van der Waals surface area contributed by atoms with Gasteiger partial charge in [0.25, 0.3) is 0 Å². The molecule has 2 heterocycles. The molecule has 1 fully saturated rings. The van der Waals surface area contributed by atoms with Gasteiger partial charge in [0.1, 0.15) is 5.01 Å². The molecule has 6 nitrogen and oxygen atoms in total. The lowest BCUT2D eigenvalue weighted by atomic mass is 9.98. The number of thiocarbonyl (C=S) groups is 1. The number of ether oxygens (including phenoxy) is 1. The van der Waals surface area contributed by atoms with E-state index < -0.39 is 6.23 Å². The highest BCUT2D eigenvalue weighted by Crippen LogP contribution is 2.33. The summed E-state index contributed by atoms with van der Waals surface area (Å²) < 4.78 is 6.08. The molecule has 1 aliphatic heterocycles. The van der Waals surface area contributed by atoms with Crippen molar-refractivity contribution in [1.29, 1.82) is 0 Å². The molecule has 0 N–H and O–H groups in total. The van der Waals surface area contributed by atoms with Gasteiger partial charge in [-0.25, -0.2) is 9.69 Å². The first-order valence-electron chi connectivity index (χ1n) is 8.93. The van der Waals surface area contributed by atoms with E-state index >= 15 is 0 Å². The van der Waals surface area contributed by atoms with Crippen molar-refractivity contribution in [3.05, 3.63) is 39.4 Å². The lowest BCUT2D eigenvalue weighted by Crippen LogP contribution is -2.54. The zero-order valence-electron chi connectivity index (χ0n) is 16.5. The molecular formula is C19H23ClN4O2S2. The number of anilines is 1. The summed E-state index contributed by atoms with van der Waals surface area (Å²) in [5.74, 6) is 0. The first-order valence-corrected chi connectivity index (χ1v) is 10.5. The first kappa shape index (κ1) is 21.0. The minimum atomic E-state index is -0.535. The number of urea groups is 1. The SMILES string of the molecule is Cc1cc(Cl)ccc1C(=S)OC1CCN(C)C(=O)N1c1nnc(C(C)(C)C)s1. The number of rotatable bonds is 3. The van der Waals surface area contributed by atoms with Crippen LogP contribution in [-0.2, 0) is 10.2 Å². The second kappa shape index (κ2) is 7.93. The average molecular weight is 439 g/mol. The van der Waals surface area contributed by atoms with Crippen LogP contribution in [0, 0.1) is 6.92 Å². The van der Waals surface area contributed by atoms with Gasteiger partial charge in [-0.3, -0.25) is 0 Å². The summed E-state index contributed by atoms with van der Waals surface area (Å²) in [5, 5.41) is 10.9. The van der Waals surface area contributed by atoms with Gasteiger partial charge in [0, 0.05) is 36.0 Å². The van der Waals surface area contributed by atoms with Crippen LogP contribution >= 0.6 is 35.2 Å². The standard InChI is InChI=1S/C19H23ClN4O2S2/c1-11-10-12(20)6-7-13(11)15(27)26-14-8-9-23(5)18(25)24(14)17-22-21-16(28-17)19(2,3)4/h6-7,10,14H,8-9H2,1-5H3. The maximum Gasteiger partial charge on any atom is 0.329 e. The number of aryl methyl sites for hydroxylation is 1. The van der Waals surface area contributed by atoms with Gasteiger partial charge in [-0.2, -0.15) is 0 Å². The molecule has 9 heteroatoms. The lowest BCUT2D eigenvalue weighted by Gasteiger charge is -2.38. The number of aromatic nitrogens is 2. The fourth-order valence-electron chi connectivity index (χ4n) is 2.81. The molecule has 0 spiro atoms. The van der Waals surface area contributed by atoms with Crippen LogP contribution in [0.2, 0.25) is 5.02 Å². The summed E-state index contributed by atoms with van der Waals surface area (Å²) in [6.45, 7) is 8.69. The molecule has 28 heavy (non-hydrogen) atoms. The molecule has 0 aliphatic carbocycles. The lowest BCUT2D eigenvalue weighted by molar-refractivity contribution is 0.128. The molecule has 0 bridgehead atoms. The van der Waals surface area contributed by atoms with Gasteiger partial charge in [-0.05, 0) is 42.9 Å². The van der Waals surface area contributed by atoms with Crippen LogP contribution in [0.15, 0.2) is 18.2 Å². The Hall–Kier alpha value is -1.77. The van der Waals surface area contributed by atoms with Crippen LogP contribution in [0.3, 0.4) is 0 Å². The van der Waals surface area contributed by atoms with E-state index in [1.807, 2.05) is 19.1 Å². The second-order valence-electron chi connectivity index (χ2n) is 7.82. The van der Waals surface area contributed by atoms with Crippen molar-refractivity contribution in [2.75, 3.05) is 18.5 Å². The number of hydrogen-bond acceptors (Lipinski definition) is 6. The van der Waals surface area contributed by atoms with Crippen molar-refractivity contribution in [2.45, 2.75) is 45.8 Å². The summed E-state index contributed by atoms with van der Waals surface area (Å²) >= 11 is 13.0. The van der Waals surface area contributed by atoms with Crippen LogP contribution in [0.25, 0.3) is 0 Å². The Labute approximate surface area is 179 Å². The van der Waals surface area contributed by atoms with E-state index in [9.17, 15) is 4.79 Å². The molecule has 2 aromatic rings. The van der Waals surface area contributed by atoms with Crippen molar-refractivity contribution in [3.8, 4) is 0 Å². The highest BCUT2D eigenvalue weighted by molar-refractivity contribution is 7.80. The second-order valence-corrected chi connectivity index (χ2v) is 9.58. The average Bonchev–Trinajstić information content (AvgIpc) is 3.08. The Morgan fingerprint density at radius 1 is 1.36 bits per heavy atom. The number of halogens is 1.